The second-order valence-electron chi connectivity index (χ2n) is 4.62. The van der Waals surface area contributed by atoms with Crippen molar-refractivity contribution in [1.82, 2.24) is 20.1 Å². The SMILES string of the molecule is CCCNC(c1cscn1)c1c(OC)cnn1CCC. The Morgan fingerprint density at radius 2 is 2.25 bits per heavy atom. The largest absolute Gasteiger partial charge is 0.493 e. The first kappa shape index (κ1) is 15.0. The lowest BCUT2D eigenvalue weighted by Crippen LogP contribution is -2.26. The standard InChI is InChI=1S/C14H22N4OS/c1-4-6-15-13(11-9-20-10-16-11)14-12(19-3)8-17-18(14)7-5-2/h8-10,13,15H,4-7H2,1-3H3. The van der Waals surface area contributed by atoms with Gasteiger partial charge in [-0.25, -0.2) is 4.98 Å². The molecule has 5 nitrogen and oxygen atoms in total. The fourth-order valence-electron chi connectivity index (χ4n) is 2.21. The molecular formula is C14H22N4OS. The molecule has 0 radical (unpaired) electrons. The Labute approximate surface area is 124 Å². The van der Waals surface area contributed by atoms with Crippen LogP contribution in [0.1, 0.15) is 44.1 Å². The zero-order valence-corrected chi connectivity index (χ0v) is 13.1. The third-order valence-corrected chi connectivity index (χ3v) is 3.72. The first-order valence-electron chi connectivity index (χ1n) is 7.02. The molecule has 6 heteroatoms. The van der Waals surface area contributed by atoms with Crippen molar-refractivity contribution in [2.24, 2.45) is 0 Å². The van der Waals surface area contributed by atoms with Gasteiger partial charge in [-0.15, -0.1) is 11.3 Å². The minimum Gasteiger partial charge on any atom is -0.493 e. The van der Waals surface area contributed by atoms with Crippen LogP contribution in [-0.2, 0) is 6.54 Å². The molecule has 0 fully saturated rings. The van der Waals surface area contributed by atoms with Crippen LogP contribution in [0.15, 0.2) is 17.1 Å². The molecule has 0 spiro atoms. The van der Waals surface area contributed by atoms with E-state index in [4.69, 9.17) is 4.74 Å². The lowest BCUT2D eigenvalue weighted by atomic mass is 10.1. The molecule has 0 aliphatic heterocycles. The highest BCUT2D eigenvalue weighted by Gasteiger charge is 2.24. The van der Waals surface area contributed by atoms with E-state index in [0.717, 1.165) is 43.1 Å². The maximum absolute atomic E-state index is 5.48. The summed E-state index contributed by atoms with van der Waals surface area (Å²) in [5.41, 5.74) is 3.96. The molecule has 2 aromatic rings. The highest BCUT2D eigenvalue weighted by atomic mass is 32.1. The van der Waals surface area contributed by atoms with Crippen molar-refractivity contribution in [3.05, 3.63) is 28.5 Å². The lowest BCUT2D eigenvalue weighted by molar-refractivity contribution is 0.397. The first-order valence-corrected chi connectivity index (χ1v) is 7.97. The van der Waals surface area contributed by atoms with Gasteiger partial charge in [-0.1, -0.05) is 13.8 Å². The Balaban J connectivity index is 2.38. The predicted molar refractivity (Wildman–Crippen MR) is 81.3 cm³/mol. The van der Waals surface area contributed by atoms with Gasteiger partial charge in [0.1, 0.15) is 5.69 Å². The van der Waals surface area contributed by atoms with Gasteiger partial charge < -0.3 is 10.1 Å². The van der Waals surface area contributed by atoms with E-state index in [1.165, 1.54) is 0 Å². The normalized spacial score (nSPS) is 12.6. The van der Waals surface area contributed by atoms with Crippen LogP contribution in [0.25, 0.3) is 0 Å². The number of methoxy groups -OCH3 is 1. The smallest absolute Gasteiger partial charge is 0.161 e. The van der Waals surface area contributed by atoms with E-state index in [1.54, 1.807) is 24.6 Å². The van der Waals surface area contributed by atoms with Gasteiger partial charge in [0.15, 0.2) is 5.75 Å². The number of hydrogen-bond acceptors (Lipinski definition) is 5. The molecule has 20 heavy (non-hydrogen) atoms. The molecule has 0 bridgehead atoms. The molecule has 0 aliphatic rings. The van der Waals surface area contributed by atoms with Gasteiger partial charge >= 0.3 is 0 Å². The maximum Gasteiger partial charge on any atom is 0.161 e. The quantitative estimate of drug-likeness (QED) is 0.813. The van der Waals surface area contributed by atoms with Gasteiger partial charge in [-0.3, -0.25) is 4.68 Å². The molecule has 1 unspecified atom stereocenters. The van der Waals surface area contributed by atoms with Gasteiger partial charge in [0.2, 0.25) is 0 Å². The van der Waals surface area contributed by atoms with Crippen LogP contribution in [-0.4, -0.2) is 28.4 Å². The van der Waals surface area contributed by atoms with Crippen LogP contribution in [0.2, 0.25) is 0 Å². The van der Waals surface area contributed by atoms with Gasteiger partial charge in [0.05, 0.1) is 30.6 Å². The molecule has 0 saturated carbocycles. The number of aryl methyl sites for hydroxylation is 1. The topological polar surface area (TPSA) is 52.0 Å². The zero-order chi connectivity index (χ0) is 14.4. The molecule has 0 aliphatic carbocycles. The van der Waals surface area contributed by atoms with Crippen LogP contribution in [0.3, 0.4) is 0 Å². The predicted octanol–water partition coefficient (Wildman–Crippen LogP) is 2.85. The van der Waals surface area contributed by atoms with E-state index in [1.807, 2.05) is 10.2 Å². The first-order chi connectivity index (χ1) is 9.81. The molecule has 2 aromatic heterocycles. The molecule has 1 atom stereocenters. The van der Waals surface area contributed by atoms with E-state index < -0.39 is 0 Å². The maximum atomic E-state index is 5.48. The lowest BCUT2D eigenvalue weighted by Gasteiger charge is -2.19. The summed E-state index contributed by atoms with van der Waals surface area (Å²) < 4.78 is 7.50. The Kier molecular flexibility index (Phi) is 5.55. The van der Waals surface area contributed by atoms with Crippen LogP contribution < -0.4 is 10.1 Å². The second kappa shape index (κ2) is 7.40. The summed E-state index contributed by atoms with van der Waals surface area (Å²) in [5, 5.41) is 10.1. The van der Waals surface area contributed by atoms with Crippen LogP contribution >= 0.6 is 11.3 Å². The molecule has 0 amide bonds. The Morgan fingerprint density at radius 3 is 2.85 bits per heavy atom. The molecular weight excluding hydrogens is 272 g/mol. The van der Waals surface area contributed by atoms with Gasteiger partial charge in [-0.2, -0.15) is 5.10 Å². The van der Waals surface area contributed by atoms with E-state index >= 15 is 0 Å². The number of aromatic nitrogens is 3. The molecule has 110 valence electrons. The fraction of sp³-hybridized carbons (Fsp3) is 0.571. The summed E-state index contributed by atoms with van der Waals surface area (Å²) in [4.78, 5) is 4.46. The third-order valence-electron chi connectivity index (χ3n) is 3.12. The monoisotopic (exact) mass is 294 g/mol. The number of thiazole rings is 1. The van der Waals surface area contributed by atoms with Crippen molar-refractivity contribution in [2.75, 3.05) is 13.7 Å². The average molecular weight is 294 g/mol. The summed E-state index contributed by atoms with van der Waals surface area (Å²) in [5.74, 6) is 0.819. The number of nitrogens with zero attached hydrogens (tertiary/aromatic N) is 3. The average Bonchev–Trinajstić information content (AvgIpc) is 3.10. The van der Waals surface area contributed by atoms with E-state index in [0.29, 0.717) is 0 Å². The number of ether oxygens (including phenoxy) is 1. The molecule has 1 N–H and O–H groups in total. The summed E-state index contributed by atoms with van der Waals surface area (Å²) in [7, 11) is 1.69. The highest BCUT2D eigenvalue weighted by Crippen LogP contribution is 2.30. The van der Waals surface area contributed by atoms with Crippen molar-refractivity contribution in [3.63, 3.8) is 0 Å². The minimum atomic E-state index is 0.0326. The summed E-state index contributed by atoms with van der Waals surface area (Å²) in [6.45, 7) is 6.12. The van der Waals surface area contributed by atoms with Crippen molar-refractivity contribution >= 4 is 11.3 Å². The van der Waals surface area contributed by atoms with E-state index in [9.17, 15) is 0 Å². The van der Waals surface area contributed by atoms with Gasteiger partial charge in [0.25, 0.3) is 0 Å². The van der Waals surface area contributed by atoms with Gasteiger partial charge in [0, 0.05) is 11.9 Å². The van der Waals surface area contributed by atoms with Crippen molar-refractivity contribution in [2.45, 2.75) is 39.3 Å². The van der Waals surface area contributed by atoms with E-state index in [-0.39, 0.29) is 6.04 Å². The van der Waals surface area contributed by atoms with Crippen molar-refractivity contribution in [1.29, 1.82) is 0 Å². The van der Waals surface area contributed by atoms with Crippen molar-refractivity contribution < 1.29 is 4.74 Å². The molecule has 0 aromatic carbocycles. The number of nitrogens with one attached hydrogen (secondary N) is 1. The van der Waals surface area contributed by atoms with Crippen molar-refractivity contribution in [3.8, 4) is 5.75 Å². The van der Waals surface area contributed by atoms with Gasteiger partial charge in [-0.05, 0) is 19.4 Å². The third kappa shape index (κ3) is 3.19. The highest BCUT2D eigenvalue weighted by molar-refractivity contribution is 7.07. The van der Waals surface area contributed by atoms with Crippen LogP contribution in [0.4, 0.5) is 0 Å². The number of hydrogen-bond donors (Lipinski definition) is 1. The summed E-state index contributed by atoms with van der Waals surface area (Å²) in [6.07, 6.45) is 3.90. The summed E-state index contributed by atoms with van der Waals surface area (Å²) >= 11 is 1.61. The molecule has 0 saturated heterocycles. The molecule has 2 rings (SSSR count). The van der Waals surface area contributed by atoms with Crippen LogP contribution in [0, 0.1) is 0 Å². The number of rotatable bonds is 8. The Bertz CT molecular complexity index is 509. The van der Waals surface area contributed by atoms with Crippen LogP contribution in [0.5, 0.6) is 5.75 Å². The minimum absolute atomic E-state index is 0.0326. The zero-order valence-electron chi connectivity index (χ0n) is 12.3. The Morgan fingerprint density at radius 1 is 1.40 bits per heavy atom. The molecule has 2 heterocycles. The summed E-state index contributed by atoms with van der Waals surface area (Å²) in [6, 6.07) is 0.0326. The van der Waals surface area contributed by atoms with E-state index in [2.05, 4.69) is 34.6 Å². The second-order valence-corrected chi connectivity index (χ2v) is 5.34. The fourth-order valence-corrected chi connectivity index (χ4v) is 2.79. The Hall–Kier alpha value is -1.40.